The van der Waals surface area contributed by atoms with Gasteiger partial charge in [-0.25, -0.2) is 4.39 Å². The normalized spacial score (nSPS) is 10.6. The largest absolute Gasteiger partial charge is 0.494 e. The highest BCUT2D eigenvalue weighted by atomic mass is 32.1. The highest BCUT2D eigenvalue weighted by Gasteiger charge is 2.14. The zero-order chi connectivity index (χ0) is 23.9. The number of carbonyl (C=O) groups is 2. The van der Waals surface area contributed by atoms with Crippen LogP contribution in [0, 0.1) is 5.82 Å². The van der Waals surface area contributed by atoms with Crippen molar-refractivity contribution in [3.05, 3.63) is 77.2 Å². The number of aromatic nitrogens is 2. The summed E-state index contributed by atoms with van der Waals surface area (Å²) in [5.74, 6) is 0.317. The fourth-order valence-corrected chi connectivity index (χ4v) is 3.95. The third kappa shape index (κ3) is 5.84. The molecule has 10 heteroatoms. The highest BCUT2D eigenvalue weighted by Crippen LogP contribution is 2.28. The van der Waals surface area contributed by atoms with Gasteiger partial charge in [0.1, 0.15) is 11.6 Å². The van der Waals surface area contributed by atoms with Crippen LogP contribution in [0.15, 0.2) is 65.2 Å². The van der Waals surface area contributed by atoms with Crippen LogP contribution in [0.5, 0.6) is 5.75 Å². The van der Waals surface area contributed by atoms with Crippen molar-refractivity contribution < 1.29 is 23.2 Å². The average molecular weight is 481 g/mol. The maximum atomic E-state index is 13.1. The number of halogens is 1. The first kappa shape index (κ1) is 23.1. The first-order chi connectivity index (χ1) is 16.5. The Bertz CT molecular complexity index is 1270. The van der Waals surface area contributed by atoms with Crippen molar-refractivity contribution in [2.75, 3.05) is 6.61 Å². The molecule has 0 fully saturated rings. The zero-order valence-corrected chi connectivity index (χ0v) is 19.0. The number of thiophene rings is 1. The summed E-state index contributed by atoms with van der Waals surface area (Å²) in [6.45, 7) is 2.49. The van der Waals surface area contributed by atoms with Gasteiger partial charge in [-0.2, -0.15) is 4.98 Å². The lowest BCUT2D eigenvalue weighted by Gasteiger charge is -2.05. The SMILES string of the molecule is CCOc1ccc(-c2noc(CCC(=O)NNC(=O)c3ccc(-c4ccc(F)cc4)s3)n2)cc1. The van der Waals surface area contributed by atoms with Crippen LogP contribution in [0.4, 0.5) is 4.39 Å². The van der Waals surface area contributed by atoms with Crippen LogP contribution in [0.2, 0.25) is 0 Å². The molecule has 2 aromatic heterocycles. The van der Waals surface area contributed by atoms with Crippen LogP contribution >= 0.6 is 11.3 Å². The second-order valence-corrected chi connectivity index (χ2v) is 8.23. The molecule has 0 bridgehead atoms. The van der Waals surface area contributed by atoms with Crippen LogP contribution < -0.4 is 15.6 Å². The van der Waals surface area contributed by atoms with E-state index in [1.54, 1.807) is 24.3 Å². The predicted molar refractivity (Wildman–Crippen MR) is 125 cm³/mol. The van der Waals surface area contributed by atoms with Gasteiger partial charge in [-0.05, 0) is 61.0 Å². The molecule has 2 aromatic carbocycles. The van der Waals surface area contributed by atoms with Crippen LogP contribution in [0.25, 0.3) is 21.8 Å². The Kier molecular flexibility index (Phi) is 7.28. The quantitative estimate of drug-likeness (QED) is 0.362. The van der Waals surface area contributed by atoms with Crippen molar-refractivity contribution >= 4 is 23.2 Å². The molecule has 2 amide bonds. The summed E-state index contributed by atoms with van der Waals surface area (Å²) in [5.41, 5.74) is 6.34. The van der Waals surface area contributed by atoms with Crippen molar-refractivity contribution in [1.29, 1.82) is 0 Å². The van der Waals surface area contributed by atoms with E-state index in [9.17, 15) is 14.0 Å². The number of rotatable bonds is 8. The Morgan fingerprint density at radius 1 is 1.00 bits per heavy atom. The van der Waals surface area contributed by atoms with E-state index in [0.29, 0.717) is 23.2 Å². The van der Waals surface area contributed by atoms with Crippen molar-refractivity contribution in [3.8, 4) is 27.6 Å². The van der Waals surface area contributed by atoms with Crippen molar-refractivity contribution in [2.24, 2.45) is 0 Å². The van der Waals surface area contributed by atoms with Crippen molar-refractivity contribution in [2.45, 2.75) is 19.8 Å². The van der Waals surface area contributed by atoms with Crippen LogP contribution in [-0.4, -0.2) is 28.6 Å². The highest BCUT2D eigenvalue weighted by molar-refractivity contribution is 7.17. The Hall–Kier alpha value is -4.05. The third-order valence-corrected chi connectivity index (χ3v) is 5.86. The topological polar surface area (TPSA) is 106 Å². The van der Waals surface area contributed by atoms with E-state index < -0.39 is 11.8 Å². The number of hydrogen-bond donors (Lipinski definition) is 2. The number of hydrazine groups is 1. The van der Waals surface area contributed by atoms with Gasteiger partial charge in [-0.3, -0.25) is 20.4 Å². The predicted octanol–water partition coefficient (Wildman–Crippen LogP) is 4.40. The molecule has 0 unspecified atom stereocenters. The molecule has 0 spiro atoms. The minimum absolute atomic E-state index is 0.0520. The van der Waals surface area contributed by atoms with Crippen molar-refractivity contribution in [1.82, 2.24) is 21.0 Å². The minimum atomic E-state index is -0.442. The van der Waals surface area contributed by atoms with Gasteiger partial charge >= 0.3 is 0 Å². The summed E-state index contributed by atoms with van der Waals surface area (Å²) in [5, 5.41) is 3.94. The minimum Gasteiger partial charge on any atom is -0.494 e. The molecular weight excluding hydrogens is 459 g/mol. The molecule has 2 heterocycles. The molecular formula is C24H21FN4O4S. The van der Waals surface area contributed by atoms with Gasteiger partial charge in [-0.15, -0.1) is 11.3 Å². The summed E-state index contributed by atoms with van der Waals surface area (Å²) in [7, 11) is 0. The van der Waals surface area contributed by atoms with Gasteiger partial charge < -0.3 is 9.26 Å². The number of hydrogen-bond acceptors (Lipinski definition) is 7. The Morgan fingerprint density at radius 2 is 1.74 bits per heavy atom. The molecule has 0 saturated carbocycles. The molecule has 174 valence electrons. The van der Waals surface area contributed by atoms with Gasteiger partial charge in [0.25, 0.3) is 5.91 Å². The summed E-state index contributed by atoms with van der Waals surface area (Å²) < 4.78 is 23.7. The van der Waals surface area contributed by atoms with Crippen molar-refractivity contribution in [3.63, 3.8) is 0 Å². The van der Waals surface area contributed by atoms with E-state index in [1.165, 1.54) is 23.5 Å². The van der Waals surface area contributed by atoms with E-state index >= 15 is 0 Å². The number of benzene rings is 2. The lowest BCUT2D eigenvalue weighted by Crippen LogP contribution is -2.41. The van der Waals surface area contributed by atoms with Gasteiger partial charge in [0.2, 0.25) is 17.6 Å². The number of nitrogens with one attached hydrogen (secondary N) is 2. The fourth-order valence-electron chi connectivity index (χ4n) is 3.04. The van der Waals surface area contributed by atoms with Gasteiger partial charge in [0.15, 0.2) is 0 Å². The Morgan fingerprint density at radius 3 is 2.47 bits per heavy atom. The molecule has 0 aliphatic carbocycles. The molecule has 0 aliphatic rings. The summed E-state index contributed by atoms with van der Waals surface area (Å²) in [6.07, 6.45) is 0.274. The molecule has 0 saturated heterocycles. The molecule has 0 aliphatic heterocycles. The van der Waals surface area contributed by atoms with Crippen LogP contribution in [-0.2, 0) is 11.2 Å². The number of aryl methyl sites for hydroxylation is 1. The van der Waals surface area contributed by atoms with Crippen LogP contribution in [0.1, 0.15) is 28.9 Å². The Balaban J connectivity index is 1.25. The Labute approximate surface area is 198 Å². The molecule has 0 atom stereocenters. The van der Waals surface area contributed by atoms with Gasteiger partial charge in [0.05, 0.1) is 11.5 Å². The number of nitrogens with zero attached hydrogens (tertiary/aromatic N) is 2. The fraction of sp³-hybridized carbons (Fsp3) is 0.167. The molecule has 34 heavy (non-hydrogen) atoms. The molecule has 8 nitrogen and oxygen atoms in total. The first-order valence-corrected chi connectivity index (χ1v) is 11.3. The molecule has 4 aromatic rings. The molecule has 2 N–H and O–H groups in total. The second-order valence-electron chi connectivity index (χ2n) is 7.14. The monoisotopic (exact) mass is 480 g/mol. The summed E-state index contributed by atoms with van der Waals surface area (Å²) in [6, 6.07) is 16.7. The second kappa shape index (κ2) is 10.7. The zero-order valence-electron chi connectivity index (χ0n) is 18.2. The molecule has 4 rings (SSSR count). The lowest BCUT2D eigenvalue weighted by molar-refractivity contribution is -0.121. The van der Waals surface area contributed by atoms with E-state index in [0.717, 1.165) is 21.8 Å². The smallest absolute Gasteiger partial charge is 0.279 e. The summed E-state index contributed by atoms with van der Waals surface area (Å²) >= 11 is 1.24. The van der Waals surface area contributed by atoms with Crippen LogP contribution in [0.3, 0.4) is 0 Å². The lowest BCUT2D eigenvalue weighted by atomic mass is 10.2. The van der Waals surface area contributed by atoms with E-state index in [1.807, 2.05) is 31.2 Å². The maximum Gasteiger partial charge on any atom is 0.279 e. The molecule has 0 radical (unpaired) electrons. The van der Waals surface area contributed by atoms with E-state index in [2.05, 4.69) is 21.0 Å². The number of carbonyl (C=O) groups excluding carboxylic acids is 2. The van der Waals surface area contributed by atoms with Gasteiger partial charge in [0, 0.05) is 23.3 Å². The van der Waals surface area contributed by atoms with Gasteiger partial charge in [-0.1, -0.05) is 17.3 Å². The summed E-state index contributed by atoms with van der Waals surface area (Å²) in [4.78, 5) is 30.0. The van der Waals surface area contributed by atoms with E-state index in [-0.39, 0.29) is 18.7 Å². The maximum absolute atomic E-state index is 13.1. The first-order valence-electron chi connectivity index (χ1n) is 10.5. The standard InChI is InChI=1S/C24H21FN4O4S/c1-2-32-18-9-5-16(6-10-18)23-26-22(33-29-23)14-13-21(30)27-28-24(31)20-12-11-19(34-20)15-3-7-17(25)8-4-15/h3-12H,2,13-14H2,1H3,(H,27,30)(H,28,31). The number of ether oxygens (including phenoxy) is 1. The average Bonchev–Trinajstić information content (AvgIpc) is 3.53. The third-order valence-electron chi connectivity index (χ3n) is 4.73. The van der Waals surface area contributed by atoms with E-state index in [4.69, 9.17) is 9.26 Å². The number of amides is 2.